The van der Waals surface area contributed by atoms with E-state index in [-0.39, 0.29) is 5.91 Å². The second-order valence-electron chi connectivity index (χ2n) is 6.55. The Hall–Kier alpha value is -1.89. The number of aromatic nitrogens is 2. The van der Waals surface area contributed by atoms with Crippen molar-refractivity contribution in [1.29, 1.82) is 0 Å². The summed E-state index contributed by atoms with van der Waals surface area (Å²) >= 11 is 1.39. The molecular weight excluding hydrogens is 314 g/mol. The number of carboxylic acids is 1. The van der Waals surface area contributed by atoms with Gasteiger partial charge in [-0.15, -0.1) is 11.3 Å². The summed E-state index contributed by atoms with van der Waals surface area (Å²) in [7, 11) is 1.86. The van der Waals surface area contributed by atoms with E-state index in [2.05, 4.69) is 10.4 Å². The van der Waals surface area contributed by atoms with Crippen molar-refractivity contribution in [1.82, 2.24) is 15.1 Å². The van der Waals surface area contributed by atoms with Gasteiger partial charge in [0, 0.05) is 12.4 Å². The molecule has 6 nitrogen and oxygen atoms in total. The van der Waals surface area contributed by atoms with E-state index in [0.29, 0.717) is 17.7 Å². The zero-order chi connectivity index (χ0) is 16.8. The Morgan fingerprint density at radius 1 is 1.48 bits per heavy atom. The molecule has 0 aliphatic heterocycles. The zero-order valence-corrected chi connectivity index (χ0v) is 14.4. The van der Waals surface area contributed by atoms with Gasteiger partial charge in [-0.2, -0.15) is 5.10 Å². The number of nitrogens with zero attached hydrogens (tertiary/aromatic N) is 2. The van der Waals surface area contributed by atoms with Crippen molar-refractivity contribution in [2.45, 2.75) is 45.1 Å². The summed E-state index contributed by atoms with van der Waals surface area (Å²) in [6.07, 6.45) is 3.15. The predicted octanol–water partition coefficient (Wildman–Crippen LogP) is 2.71. The molecule has 1 amide bonds. The minimum atomic E-state index is -0.830. The highest BCUT2D eigenvalue weighted by Crippen LogP contribution is 2.35. The molecule has 2 aromatic heterocycles. The van der Waals surface area contributed by atoms with Crippen LogP contribution >= 0.6 is 11.3 Å². The van der Waals surface area contributed by atoms with Crippen LogP contribution in [0.5, 0.6) is 0 Å². The highest BCUT2D eigenvalue weighted by molar-refractivity contribution is 7.20. The fourth-order valence-electron chi connectivity index (χ4n) is 3.52. The molecule has 2 N–H and O–H groups in total. The summed E-state index contributed by atoms with van der Waals surface area (Å²) in [6.45, 7) is 3.77. The summed E-state index contributed by atoms with van der Waals surface area (Å²) in [6, 6.07) is 1.85. The molecule has 0 radical (unpaired) electrons. The van der Waals surface area contributed by atoms with Gasteiger partial charge in [0.05, 0.1) is 22.0 Å². The molecule has 3 rings (SSSR count). The average Bonchev–Trinajstić information content (AvgIpc) is 3.01. The number of hydrogen-bond donors (Lipinski definition) is 2. The number of aryl methyl sites for hydroxylation is 2. The molecule has 1 aliphatic rings. The van der Waals surface area contributed by atoms with Crippen LogP contribution in [0.2, 0.25) is 0 Å². The fourth-order valence-corrected chi connectivity index (χ4v) is 4.54. The number of carbonyl (C=O) groups excluding carboxylic acids is 1. The van der Waals surface area contributed by atoms with Crippen molar-refractivity contribution in [3.63, 3.8) is 0 Å². The van der Waals surface area contributed by atoms with Crippen LogP contribution in [-0.2, 0) is 11.8 Å². The Morgan fingerprint density at radius 2 is 2.22 bits per heavy atom. The maximum absolute atomic E-state index is 12.7. The second-order valence-corrected chi connectivity index (χ2v) is 7.58. The summed E-state index contributed by atoms with van der Waals surface area (Å²) in [5, 5.41) is 17.8. The van der Waals surface area contributed by atoms with Gasteiger partial charge in [0.25, 0.3) is 5.91 Å². The number of thiophene rings is 1. The SMILES string of the molecule is Cc1nn(C)c2sc(C(=O)NC3(C)CCCCC3C(=O)O)cc12. The van der Waals surface area contributed by atoms with Crippen LogP contribution in [0.1, 0.15) is 48.0 Å². The van der Waals surface area contributed by atoms with E-state index in [1.165, 1.54) is 11.3 Å². The first-order valence-electron chi connectivity index (χ1n) is 7.80. The second kappa shape index (κ2) is 5.63. The van der Waals surface area contributed by atoms with Crippen LogP contribution in [0, 0.1) is 12.8 Å². The van der Waals surface area contributed by atoms with Gasteiger partial charge in [0.2, 0.25) is 0 Å². The Balaban J connectivity index is 1.86. The number of nitrogens with one attached hydrogen (secondary N) is 1. The lowest BCUT2D eigenvalue weighted by Crippen LogP contribution is -2.55. The molecule has 2 atom stereocenters. The van der Waals surface area contributed by atoms with Gasteiger partial charge >= 0.3 is 5.97 Å². The molecule has 124 valence electrons. The number of carboxylic acid groups (broad SMARTS) is 1. The Morgan fingerprint density at radius 3 is 2.87 bits per heavy atom. The molecule has 0 spiro atoms. The van der Waals surface area contributed by atoms with Crippen molar-refractivity contribution in [2.24, 2.45) is 13.0 Å². The maximum atomic E-state index is 12.7. The lowest BCUT2D eigenvalue weighted by atomic mass is 9.74. The first-order chi connectivity index (χ1) is 10.8. The predicted molar refractivity (Wildman–Crippen MR) is 88.8 cm³/mol. The van der Waals surface area contributed by atoms with E-state index in [0.717, 1.165) is 28.8 Å². The van der Waals surface area contributed by atoms with Gasteiger partial charge in [-0.3, -0.25) is 14.3 Å². The van der Waals surface area contributed by atoms with Crippen molar-refractivity contribution in [2.75, 3.05) is 0 Å². The van der Waals surface area contributed by atoms with Gasteiger partial charge in [-0.1, -0.05) is 12.8 Å². The summed E-state index contributed by atoms with van der Waals surface area (Å²) in [4.78, 5) is 25.7. The van der Waals surface area contributed by atoms with E-state index in [9.17, 15) is 14.7 Å². The molecule has 23 heavy (non-hydrogen) atoms. The number of hydrogen-bond acceptors (Lipinski definition) is 4. The minimum Gasteiger partial charge on any atom is -0.481 e. The fraction of sp³-hybridized carbons (Fsp3) is 0.562. The molecule has 0 saturated heterocycles. The zero-order valence-electron chi connectivity index (χ0n) is 13.5. The Labute approximate surface area is 138 Å². The molecule has 0 bridgehead atoms. The van der Waals surface area contributed by atoms with Gasteiger partial charge in [0.1, 0.15) is 4.83 Å². The molecule has 2 unspecified atom stereocenters. The molecule has 0 aromatic carbocycles. The Kier molecular flexibility index (Phi) is 3.91. The number of fused-ring (bicyclic) bond motifs is 1. The molecular formula is C16H21N3O3S. The van der Waals surface area contributed by atoms with Crippen LogP contribution < -0.4 is 5.32 Å². The highest BCUT2D eigenvalue weighted by atomic mass is 32.1. The standard InChI is InChI=1S/C16H21N3O3S/c1-9-10-8-12(23-14(10)19(3)18-9)13(20)17-16(2)7-5-4-6-11(16)15(21)22/h8,11H,4-7H2,1-3H3,(H,17,20)(H,21,22). The lowest BCUT2D eigenvalue weighted by Gasteiger charge is -2.39. The van der Waals surface area contributed by atoms with E-state index in [1.807, 2.05) is 27.0 Å². The summed E-state index contributed by atoms with van der Waals surface area (Å²) in [5.41, 5.74) is 0.204. The number of amides is 1. The monoisotopic (exact) mass is 335 g/mol. The highest BCUT2D eigenvalue weighted by Gasteiger charge is 2.42. The number of rotatable bonds is 3. The molecule has 2 aromatic rings. The molecule has 1 aliphatic carbocycles. The van der Waals surface area contributed by atoms with Gasteiger partial charge < -0.3 is 10.4 Å². The van der Waals surface area contributed by atoms with Crippen molar-refractivity contribution >= 4 is 33.4 Å². The molecule has 2 heterocycles. The largest absolute Gasteiger partial charge is 0.481 e. The van der Waals surface area contributed by atoms with Crippen molar-refractivity contribution in [3.8, 4) is 0 Å². The number of carbonyl (C=O) groups is 2. The minimum absolute atomic E-state index is 0.193. The third kappa shape index (κ3) is 2.73. The molecule has 7 heteroatoms. The Bertz CT molecular complexity index is 744. The molecule has 1 saturated carbocycles. The third-order valence-corrected chi connectivity index (χ3v) is 6.03. The topological polar surface area (TPSA) is 84.2 Å². The van der Waals surface area contributed by atoms with Gasteiger partial charge in [-0.05, 0) is 32.8 Å². The third-order valence-electron chi connectivity index (χ3n) is 4.83. The van der Waals surface area contributed by atoms with E-state index < -0.39 is 17.4 Å². The van der Waals surface area contributed by atoms with Crippen LogP contribution in [0.3, 0.4) is 0 Å². The smallest absolute Gasteiger partial charge is 0.308 e. The summed E-state index contributed by atoms with van der Waals surface area (Å²) in [5.74, 6) is -1.55. The summed E-state index contributed by atoms with van der Waals surface area (Å²) < 4.78 is 1.77. The van der Waals surface area contributed by atoms with E-state index in [4.69, 9.17) is 0 Å². The van der Waals surface area contributed by atoms with E-state index >= 15 is 0 Å². The normalized spacial score (nSPS) is 24.7. The van der Waals surface area contributed by atoms with Crippen LogP contribution in [0.15, 0.2) is 6.07 Å². The maximum Gasteiger partial charge on any atom is 0.308 e. The average molecular weight is 335 g/mol. The van der Waals surface area contributed by atoms with Crippen LogP contribution in [-0.4, -0.2) is 32.3 Å². The van der Waals surface area contributed by atoms with Crippen molar-refractivity contribution in [3.05, 3.63) is 16.6 Å². The van der Waals surface area contributed by atoms with Gasteiger partial charge in [0.15, 0.2) is 0 Å². The number of aliphatic carboxylic acids is 1. The van der Waals surface area contributed by atoms with Crippen LogP contribution in [0.25, 0.3) is 10.2 Å². The molecule has 1 fully saturated rings. The van der Waals surface area contributed by atoms with Crippen LogP contribution in [0.4, 0.5) is 0 Å². The first-order valence-corrected chi connectivity index (χ1v) is 8.62. The van der Waals surface area contributed by atoms with Crippen molar-refractivity contribution < 1.29 is 14.7 Å². The van der Waals surface area contributed by atoms with E-state index in [1.54, 1.807) is 4.68 Å². The lowest BCUT2D eigenvalue weighted by molar-refractivity contribution is -0.145. The van der Waals surface area contributed by atoms with Gasteiger partial charge in [-0.25, -0.2) is 0 Å². The first kappa shape index (κ1) is 16.0. The quantitative estimate of drug-likeness (QED) is 0.903.